The molecule has 0 saturated carbocycles. The molecule has 1 atom stereocenters. The van der Waals surface area contributed by atoms with Gasteiger partial charge in [0, 0.05) is 11.3 Å². The lowest BCUT2D eigenvalue weighted by atomic mass is 9.96. The summed E-state index contributed by atoms with van der Waals surface area (Å²) in [6.45, 7) is 4.12. The van der Waals surface area contributed by atoms with Crippen LogP contribution in [-0.2, 0) is 4.79 Å². The Kier molecular flexibility index (Phi) is 4.62. The molecule has 3 rings (SSSR count). The molecule has 2 N–H and O–H groups in total. The van der Waals surface area contributed by atoms with Gasteiger partial charge < -0.3 is 10.6 Å². The number of primary amides is 1. The van der Waals surface area contributed by atoms with Crippen LogP contribution in [0.2, 0.25) is 0 Å². The predicted octanol–water partition coefficient (Wildman–Crippen LogP) is 2.97. The van der Waals surface area contributed by atoms with Crippen molar-refractivity contribution in [2.45, 2.75) is 19.9 Å². The van der Waals surface area contributed by atoms with E-state index in [0.717, 1.165) is 11.1 Å². The monoisotopic (exact) mass is 340 g/mol. The van der Waals surface area contributed by atoms with Crippen molar-refractivity contribution in [3.05, 3.63) is 59.2 Å². The number of hydrogen-bond acceptors (Lipinski definition) is 3. The fourth-order valence-corrected chi connectivity index (χ4v) is 4.03. The minimum Gasteiger partial charge on any atom is -0.368 e. The van der Waals surface area contributed by atoms with Gasteiger partial charge in [-0.15, -0.1) is 11.8 Å². The highest BCUT2D eigenvalue weighted by molar-refractivity contribution is 7.99. The molecule has 1 heterocycles. The maximum Gasteiger partial charge on any atom is 0.255 e. The van der Waals surface area contributed by atoms with Crippen LogP contribution in [0.15, 0.2) is 42.5 Å². The van der Waals surface area contributed by atoms with Crippen LogP contribution in [0.4, 0.5) is 0 Å². The van der Waals surface area contributed by atoms with E-state index in [4.69, 9.17) is 5.73 Å². The number of hydrogen-bond donors (Lipinski definition) is 1. The first-order valence-electron chi connectivity index (χ1n) is 7.83. The summed E-state index contributed by atoms with van der Waals surface area (Å²) in [4.78, 5) is 26.2. The summed E-state index contributed by atoms with van der Waals surface area (Å²) in [7, 11) is 0. The number of amides is 2. The Morgan fingerprint density at radius 1 is 1.12 bits per heavy atom. The smallest absolute Gasteiger partial charge is 0.255 e. The third kappa shape index (κ3) is 3.04. The topological polar surface area (TPSA) is 63.4 Å². The molecule has 0 aromatic heterocycles. The van der Waals surface area contributed by atoms with E-state index in [2.05, 4.69) is 26.0 Å². The van der Waals surface area contributed by atoms with E-state index in [1.165, 1.54) is 11.1 Å². The number of nitrogens with two attached hydrogens (primary N) is 1. The summed E-state index contributed by atoms with van der Waals surface area (Å²) < 4.78 is 0. The summed E-state index contributed by atoms with van der Waals surface area (Å²) in [5.74, 6) is 0.468. The van der Waals surface area contributed by atoms with E-state index >= 15 is 0 Å². The highest BCUT2D eigenvalue weighted by Crippen LogP contribution is 2.29. The van der Waals surface area contributed by atoms with Crippen molar-refractivity contribution in [3.63, 3.8) is 0 Å². The lowest BCUT2D eigenvalue weighted by molar-refractivity contribution is -0.121. The first-order valence-corrected chi connectivity index (χ1v) is 8.99. The number of benzene rings is 2. The van der Waals surface area contributed by atoms with Crippen molar-refractivity contribution in [3.8, 4) is 11.1 Å². The molecule has 2 aromatic rings. The van der Waals surface area contributed by atoms with Crippen molar-refractivity contribution in [2.75, 3.05) is 11.6 Å². The van der Waals surface area contributed by atoms with E-state index in [1.54, 1.807) is 16.7 Å². The molecular formula is C19H20N2O2S. The maximum absolute atomic E-state index is 13.0. The quantitative estimate of drug-likeness (QED) is 0.934. The Morgan fingerprint density at radius 3 is 2.58 bits per heavy atom. The highest BCUT2D eigenvalue weighted by atomic mass is 32.2. The van der Waals surface area contributed by atoms with Gasteiger partial charge >= 0.3 is 0 Å². The fourth-order valence-electron chi connectivity index (χ4n) is 2.86. The molecule has 1 saturated heterocycles. The lowest BCUT2D eigenvalue weighted by Crippen LogP contribution is -2.45. The fraction of sp³-hybridized carbons (Fsp3) is 0.263. The first-order chi connectivity index (χ1) is 11.5. The molecule has 1 aliphatic heterocycles. The zero-order chi connectivity index (χ0) is 17.3. The average molecular weight is 340 g/mol. The van der Waals surface area contributed by atoms with Crippen molar-refractivity contribution in [1.82, 2.24) is 4.90 Å². The lowest BCUT2D eigenvalue weighted by Gasteiger charge is -2.22. The highest BCUT2D eigenvalue weighted by Gasteiger charge is 2.34. The van der Waals surface area contributed by atoms with Crippen molar-refractivity contribution >= 4 is 23.6 Å². The molecule has 4 nitrogen and oxygen atoms in total. The van der Waals surface area contributed by atoms with E-state index in [-0.39, 0.29) is 5.91 Å². The number of carbonyl (C=O) groups excluding carboxylic acids is 2. The van der Waals surface area contributed by atoms with Gasteiger partial charge in [-0.3, -0.25) is 9.59 Å². The number of carbonyl (C=O) groups is 2. The van der Waals surface area contributed by atoms with Crippen LogP contribution in [0.1, 0.15) is 21.5 Å². The molecule has 1 fully saturated rings. The summed E-state index contributed by atoms with van der Waals surface area (Å²) in [6, 6.07) is 13.2. The van der Waals surface area contributed by atoms with Gasteiger partial charge in [0.1, 0.15) is 6.04 Å². The van der Waals surface area contributed by atoms with Gasteiger partial charge in [-0.25, -0.2) is 0 Å². The van der Waals surface area contributed by atoms with Crippen LogP contribution in [0.5, 0.6) is 0 Å². The predicted molar refractivity (Wildman–Crippen MR) is 97.8 cm³/mol. The maximum atomic E-state index is 13.0. The zero-order valence-electron chi connectivity index (χ0n) is 13.8. The normalized spacial score (nSPS) is 17.1. The minimum absolute atomic E-state index is 0.141. The first kappa shape index (κ1) is 16.6. The Bertz CT molecular complexity index is 804. The summed E-state index contributed by atoms with van der Waals surface area (Å²) >= 11 is 1.55. The van der Waals surface area contributed by atoms with E-state index < -0.39 is 11.9 Å². The summed E-state index contributed by atoms with van der Waals surface area (Å²) in [5, 5.41) is 0. The number of nitrogens with zero attached hydrogens (tertiary/aromatic N) is 1. The largest absolute Gasteiger partial charge is 0.368 e. The van der Waals surface area contributed by atoms with Crippen LogP contribution >= 0.6 is 11.8 Å². The number of aryl methyl sites for hydroxylation is 2. The molecule has 0 spiro atoms. The molecular weight excluding hydrogens is 320 g/mol. The molecule has 5 heteroatoms. The van der Waals surface area contributed by atoms with Gasteiger partial charge in [0.25, 0.3) is 5.91 Å². The molecule has 0 aliphatic carbocycles. The molecule has 1 aliphatic rings. The van der Waals surface area contributed by atoms with Crippen LogP contribution in [0, 0.1) is 13.8 Å². The second kappa shape index (κ2) is 6.69. The Labute approximate surface area is 146 Å². The van der Waals surface area contributed by atoms with Gasteiger partial charge in [-0.1, -0.05) is 36.4 Å². The van der Waals surface area contributed by atoms with Crippen LogP contribution < -0.4 is 5.73 Å². The summed E-state index contributed by atoms with van der Waals surface area (Å²) in [6.07, 6.45) is 0. The van der Waals surface area contributed by atoms with Crippen molar-refractivity contribution in [2.24, 2.45) is 5.73 Å². The second-order valence-electron chi connectivity index (χ2n) is 6.04. The minimum atomic E-state index is -0.532. The van der Waals surface area contributed by atoms with Gasteiger partial charge in [-0.2, -0.15) is 0 Å². The molecule has 0 unspecified atom stereocenters. The Morgan fingerprint density at radius 2 is 1.88 bits per heavy atom. The molecule has 124 valence electrons. The van der Waals surface area contributed by atoms with E-state index in [0.29, 0.717) is 17.2 Å². The van der Waals surface area contributed by atoms with Gasteiger partial charge in [-0.05, 0) is 42.2 Å². The van der Waals surface area contributed by atoms with E-state index in [9.17, 15) is 9.59 Å². The average Bonchev–Trinajstić information content (AvgIpc) is 3.07. The Balaban J connectivity index is 2.01. The van der Waals surface area contributed by atoms with Crippen molar-refractivity contribution in [1.29, 1.82) is 0 Å². The van der Waals surface area contributed by atoms with E-state index in [1.807, 2.05) is 30.3 Å². The molecule has 2 aromatic carbocycles. The second-order valence-corrected chi connectivity index (χ2v) is 7.04. The molecule has 2 amide bonds. The number of thioether (sulfide) groups is 1. The molecule has 0 radical (unpaired) electrons. The van der Waals surface area contributed by atoms with Gasteiger partial charge in [0.05, 0.1) is 5.88 Å². The third-order valence-electron chi connectivity index (χ3n) is 4.45. The van der Waals surface area contributed by atoms with Gasteiger partial charge in [0.15, 0.2) is 0 Å². The molecule has 24 heavy (non-hydrogen) atoms. The molecule has 0 bridgehead atoms. The third-order valence-corrected chi connectivity index (χ3v) is 5.46. The van der Waals surface area contributed by atoms with Crippen LogP contribution in [0.3, 0.4) is 0 Å². The zero-order valence-corrected chi connectivity index (χ0v) is 14.6. The Hall–Kier alpha value is -2.27. The SMILES string of the molecule is Cc1ccc(-c2ccccc2C(=O)N2CSC[C@H]2C(N)=O)cc1C. The number of rotatable bonds is 3. The van der Waals surface area contributed by atoms with Crippen molar-refractivity contribution < 1.29 is 9.59 Å². The standard InChI is InChI=1S/C19H20N2O2S/c1-12-7-8-14(9-13(12)2)15-5-3-4-6-16(15)19(23)21-11-24-10-17(21)18(20)22/h3-9,17H,10-11H2,1-2H3,(H2,20,22)/t17-/m0/s1. The van der Waals surface area contributed by atoms with Crippen LogP contribution in [0.25, 0.3) is 11.1 Å². The van der Waals surface area contributed by atoms with Gasteiger partial charge in [0.2, 0.25) is 5.91 Å². The summed E-state index contributed by atoms with van der Waals surface area (Å²) in [5.41, 5.74) is 10.3. The van der Waals surface area contributed by atoms with Crippen LogP contribution in [-0.4, -0.2) is 34.4 Å².